The number of fused-ring (bicyclic) bond motifs is 1. The standard InChI is InChI=1S/C14H20ClN3/c1-9(2)18-12-6-5-10(15)7-11(12)17-13(18)14(3,4)8-16/h5-7,9H,8,16H2,1-4H3. The minimum absolute atomic E-state index is 0.143. The highest BCUT2D eigenvalue weighted by Crippen LogP contribution is 2.30. The van der Waals surface area contributed by atoms with Crippen molar-refractivity contribution in [3.63, 3.8) is 0 Å². The summed E-state index contributed by atoms with van der Waals surface area (Å²) in [6.07, 6.45) is 0. The second-order valence-electron chi connectivity index (χ2n) is 5.62. The first kappa shape index (κ1) is 13.4. The third-order valence-corrected chi connectivity index (χ3v) is 3.52. The van der Waals surface area contributed by atoms with E-state index in [4.69, 9.17) is 22.3 Å². The summed E-state index contributed by atoms with van der Waals surface area (Å²) in [4.78, 5) is 4.74. The van der Waals surface area contributed by atoms with Crippen LogP contribution in [-0.4, -0.2) is 16.1 Å². The van der Waals surface area contributed by atoms with E-state index in [1.54, 1.807) is 0 Å². The summed E-state index contributed by atoms with van der Waals surface area (Å²) < 4.78 is 2.25. The van der Waals surface area contributed by atoms with E-state index in [2.05, 4.69) is 32.3 Å². The van der Waals surface area contributed by atoms with E-state index in [1.807, 2.05) is 18.2 Å². The Labute approximate surface area is 113 Å². The Morgan fingerprint density at radius 1 is 1.39 bits per heavy atom. The molecular formula is C14H20ClN3. The number of benzene rings is 1. The van der Waals surface area contributed by atoms with Gasteiger partial charge in [-0.25, -0.2) is 4.98 Å². The van der Waals surface area contributed by atoms with Gasteiger partial charge in [0.25, 0.3) is 0 Å². The molecule has 0 radical (unpaired) electrons. The van der Waals surface area contributed by atoms with Crippen LogP contribution in [-0.2, 0) is 5.41 Å². The van der Waals surface area contributed by atoms with Crippen molar-refractivity contribution in [3.8, 4) is 0 Å². The van der Waals surface area contributed by atoms with Gasteiger partial charge in [-0.15, -0.1) is 0 Å². The molecule has 1 heterocycles. The zero-order chi connectivity index (χ0) is 13.5. The van der Waals surface area contributed by atoms with E-state index in [9.17, 15) is 0 Å². The van der Waals surface area contributed by atoms with Gasteiger partial charge in [-0.05, 0) is 32.0 Å². The molecule has 0 fully saturated rings. The number of imidazole rings is 1. The maximum Gasteiger partial charge on any atom is 0.117 e. The molecular weight excluding hydrogens is 246 g/mol. The molecule has 0 aliphatic heterocycles. The molecule has 1 aromatic heterocycles. The van der Waals surface area contributed by atoms with Gasteiger partial charge in [0, 0.05) is 23.0 Å². The second-order valence-corrected chi connectivity index (χ2v) is 6.06. The summed E-state index contributed by atoms with van der Waals surface area (Å²) in [5, 5.41) is 0.716. The van der Waals surface area contributed by atoms with Crippen LogP contribution >= 0.6 is 11.6 Å². The molecule has 0 atom stereocenters. The fourth-order valence-electron chi connectivity index (χ4n) is 2.16. The van der Waals surface area contributed by atoms with E-state index in [-0.39, 0.29) is 5.41 Å². The molecule has 98 valence electrons. The molecule has 3 nitrogen and oxygen atoms in total. The first-order valence-electron chi connectivity index (χ1n) is 6.25. The first-order valence-corrected chi connectivity index (χ1v) is 6.62. The van der Waals surface area contributed by atoms with E-state index < -0.39 is 0 Å². The number of nitrogens with zero attached hydrogens (tertiary/aromatic N) is 2. The van der Waals surface area contributed by atoms with Crippen LogP contribution in [0.3, 0.4) is 0 Å². The number of aromatic nitrogens is 2. The van der Waals surface area contributed by atoms with Crippen molar-refractivity contribution >= 4 is 22.6 Å². The van der Waals surface area contributed by atoms with Crippen molar-refractivity contribution in [2.45, 2.75) is 39.2 Å². The third-order valence-electron chi connectivity index (χ3n) is 3.28. The molecule has 2 aromatic rings. The molecule has 0 bridgehead atoms. The van der Waals surface area contributed by atoms with Gasteiger partial charge in [0.2, 0.25) is 0 Å². The lowest BCUT2D eigenvalue weighted by molar-refractivity contribution is 0.451. The van der Waals surface area contributed by atoms with Crippen LogP contribution in [0.25, 0.3) is 11.0 Å². The molecule has 2 N–H and O–H groups in total. The summed E-state index contributed by atoms with van der Waals surface area (Å²) in [5.74, 6) is 1.03. The molecule has 0 unspecified atom stereocenters. The summed E-state index contributed by atoms with van der Waals surface area (Å²) >= 11 is 6.03. The Morgan fingerprint density at radius 3 is 2.61 bits per heavy atom. The average Bonchev–Trinajstić information content (AvgIpc) is 2.68. The lowest BCUT2D eigenvalue weighted by Gasteiger charge is -2.25. The fraction of sp³-hybridized carbons (Fsp3) is 0.500. The van der Waals surface area contributed by atoms with Crippen molar-refractivity contribution < 1.29 is 0 Å². The van der Waals surface area contributed by atoms with Crippen molar-refractivity contribution in [1.29, 1.82) is 0 Å². The van der Waals surface area contributed by atoms with Crippen LogP contribution < -0.4 is 5.73 Å². The van der Waals surface area contributed by atoms with Gasteiger partial charge in [0.15, 0.2) is 0 Å². The lowest BCUT2D eigenvalue weighted by Crippen LogP contribution is -2.32. The van der Waals surface area contributed by atoms with Crippen molar-refractivity contribution in [3.05, 3.63) is 29.0 Å². The number of hydrogen-bond donors (Lipinski definition) is 1. The summed E-state index contributed by atoms with van der Waals surface area (Å²) in [6.45, 7) is 9.12. The van der Waals surface area contributed by atoms with Crippen molar-refractivity contribution in [2.75, 3.05) is 6.54 Å². The Morgan fingerprint density at radius 2 is 2.06 bits per heavy atom. The van der Waals surface area contributed by atoms with Gasteiger partial charge >= 0.3 is 0 Å². The predicted molar refractivity (Wildman–Crippen MR) is 77.2 cm³/mol. The maximum atomic E-state index is 6.03. The Bertz CT molecular complexity index is 570. The number of hydrogen-bond acceptors (Lipinski definition) is 2. The zero-order valence-electron chi connectivity index (χ0n) is 11.4. The normalized spacial score (nSPS) is 12.6. The molecule has 4 heteroatoms. The van der Waals surface area contributed by atoms with Crippen LogP contribution in [0.2, 0.25) is 5.02 Å². The summed E-state index contributed by atoms with van der Waals surface area (Å²) in [6, 6.07) is 6.19. The molecule has 0 saturated heterocycles. The van der Waals surface area contributed by atoms with Crippen LogP contribution in [0, 0.1) is 0 Å². The molecule has 1 aromatic carbocycles. The van der Waals surface area contributed by atoms with Crippen molar-refractivity contribution in [2.24, 2.45) is 5.73 Å². The van der Waals surface area contributed by atoms with Crippen LogP contribution in [0.1, 0.15) is 39.6 Å². The van der Waals surface area contributed by atoms with Gasteiger partial charge < -0.3 is 10.3 Å². The Kier molecular flexibility index (Phi) is 3.39. The Hall–Kier alpha value is -1.06. The van der Waals surface area contributed by atoms with Gasteiger partial charge in [-0.3, -0.25) is 0 Å². The number of rotatable bonds is 3. The van der Waals surface area contributed by atoms with E-state index in [1.165, 1.54) is 0 Å². The van der Waals surface area contributed by atoms with E-state index >= 15 is 0 Å². The molecule has 18 heavy (non-hydrogen) atoms. The highest BCUT2D eigenvalue weighted by Gasteiger charge is 2.27. The monoisotopic (exact) mass is 265 g/mol. The van der Waals surface area contributed by atoms with Gasteiger partial charge in [-0.1, -0.05) is 25.4 Å². The Balaban J connectivity index is 2.77. The molecule has 2 rings (SSSR count). The van der Waals surface area contributed by atoms with Crippen molar-refractivity contribution in [1.82, 2.24) is 9.55 Å². The highest BCUT2D eigenvalue weighted by atomic mass is 35.5. The van der Waals surface area contributed by atoms with E-state index in [0.29, 0.717) is 17.6 Å². The smallest absolute Gasteiger partial charge is 0.117 e. The SMILES string of the molecule is CC(C)n1c(C(C)(C)CN)nc2cc(Cl)ccc21. The molecule has 0 amide bonds. The molecule has 0 aliphatic carbocycles. The second kappa shape index (κ2) is 4.56. The topological polar surface area (TPSA) is 43.8 Å². The predicted octanol–water partition coefficient (Wildman–Crippen LogP) is 3.51. The zero-order valence-corrected chi connectivity index (χ0v) is 12.1. The van der Waals surface area contributed by atoms with Crippen LogP contribution in [0.4, 0.5) is 0 Å². The van der Waals surface area contributed by atoms with Gasteiger partial charge in [0.1, 0.15) is 5.82 Å². The summed E-state index contributed by atoms with van der Waals surface area (Å²) in [7, 11) is 0. The van der Waals surface area contributed by atoms with Crippen LogP contribution in [0.15, 0.2) is 18.2 Å². The average molecular weight is 266 g/mol. The molecule has 0 aliphatic rings. The number of halogens is 1. The molecule has 0 saturated carbocycles. The minimum Gasteiger partial charge on any atom is -0.329 e. The first-order chi connectivity index (χ1) is 8.36. The highest BCUT2D eigenvalue weighted by molar-refractivity contribution is 6.31. The quantitative estimate of drug-likeness (QED) is 0.923. The molecule has 0 spiro atoms. The van der Waals surface area contributed by atoms with E-state index in [0.717, 1.165) is 16.9 Å². The maximum absolute atomic E-state index is 6.03. The summed E-state index contributed by atoms with van der Waals surface area (Å²) in [5.41, 5.74) is 7.79. The lowest BCUT2D eigenvalue weighted by atomic mass is 9.92. The third kappa shape index (κ3) is 2.13. The largest absolute Gasteiger partial charge is 0.329 e. The fourth-order valence-corrected chi connectivity index (χ4v) is 2.33. The van der Waals surface area contributed by atoms with Gasteiger partial charge in [0.05, 0.1) is 11.0 Å². The minimum atomic E-state index is -0.143. The number of nitrogens with two attached hydrogens (primary N) is 1. The van der Waals surface area contributed by atoms with Crippen LogP contribution in [0.5, 0.6) is 0 Å². The van der Waals surface area contributed by atoms with Gasteiger partial charge in [-0.2, -0.15) is 0 Å².